The lowest BCUT2D eigenvalue weighted by Crippen LogP contribution is -2.16. The van der Waals surface area contributed by atoms with Crippen molar-refractivity contribution in [3.63, 3.8) is 0 Å². The first-order valence-electron chi connectivity index (χ1n) is 10.5. The summed E-state index contributed by atoms with van der Waals surface area (Å²) in [7, 11) is 0. The molecule has 1 saturated carbocycles. The second kappa shape index (κ2) is 10.7. The summed E-state index contributed by atoms with van der Waals surface area (Å²) >= 11 is 3.43. The van der Waals surface area contributed by atoms with Gasteiger partial charge < -0.3 is 14.8 Å². The molecule has 2 aromatic carbocycles. The highest BCUT2D eigenvalue weighted by molar-refractivity contribution is 9.10. The van der Waals surface area contributed by atoms with Crippen molar-refractivity contribution in [2.24, 2.45) is 5.92 Å². The Morgan fingerprint density at radius 3 is 2.52 bits per heavy atom. The maximum Gasteiger partial charge on any atom is 0.259 e. The fourth-order valence-electron chi connectivity index (χ4n) is 3.69. The van der Waals surface area contributed by atoms with Gasteiger partial charge in [0.2, 0.25) is 0 Å². The van der Waals surface area contributed by atoms with Crippen LogP contribution in [0.1, 0.15) is 62.7 Å². The average Bonchev–Trinajstić information content (AvgIpc) is 2.71. The molecule has 1 aliphatic carbocycles. The van der Waals surface area contributed by atoms with Gasteiger partial charge in [0.15, 0.2) is 0 Å². The summed E-state index contributed by atoms with van der Waals surface area (Å²) in [5.41, 5.74) is 1.23. The quantitative estimate of drug-likeness (QED) is 0.469. The number of hydrogen-bond donors (Lipinski definition) is 1. The van der Waals surface area contributed by atoms with E-state index in [9.17, 15) is 4.79 Å². The minimum absolute atomic E-state index is 0.00670. The molecule has 3 rings (SSSR count). The Morgan fingerprint density at radius 2 is 1.83 bits per heavy atom. The van der Waals surface area contributed by atoms with Crippen molar-refractivity contribution in [1.82, 2.24) is 0 Å². The van der Waals surface area contributed by atoms with Crippen LogP contribution in [0.2, 0.25) is 0 Å². The zero-order valence-corrected chi connectivity index (χ0v) is 18.8. The summed E-state index contributed by atoms with van der Waals surface area (Å²) in [5.74, 6) is 2.02. The van der Waals surface area contributed by atoms with E-state index in [2.05, 4.69) is 21.2 Å². The van der Waals surface area contributed by atoms with Crippen LogP contribution in [-0.4, -0.2) is 18.6 Å². The number of amides is 1. The lowest BCUT2D eigenvalue weighted by molar-refractivity contribution is 0.102. The lowest BCUT2D eigenvalue weighted by Gasteiger charge is -2.21. The molecule has 0 aliphatic heterocycles. The molecule has 2 aromatic rings. The summed E-state index contributed by atoms with van der Waals surface area (Å²) in [6, 6.07) is 13.0. The Balaban J connectivity index is 1.55. The number of carbonyl (C=O) groups is 1. The first kappa shape index (κ1) is 21.7. The van der Waals surface area contributed by atoms with E-state index in [0.717, 1.165) is 34.9 Å². The van der Waals surface area contributed by atoms with Gasteiger partial charge in [-0.2, -0.15) is 0 Å². The molecule has 0 heterocycles. The fourth-order valence-corrected chi connectivity index (χ4v) is 4.05. The van der Waals surface area contributed by atoms with E-state index in [1.807, 2.05) is 50.2 Å². The van der Waals surface area contributed by atoms with Gasteiger partial charge in [0.1, 0.15) is 11.5 Å². The third-order valence-corrected chi connectivity index (χ3v) is 5.67. The molecule has 156 valence electrons. The number of halogens is 1. The molecule has 0 saturated heterocycles. The van der Waals surface area contributed by atoms with Gasteiger partial charge in [-0.3, -0.25) is 4.79 Å². The van der Waals surface area contributed by atoms with Gasteiger partial charge in [-0.05, 0) is 68.7 Å². The van der Waals surface area contributed by atoms with E-state index < -0.39 is 0 Å². The smallest absolute Gasteiger partial charge is 0.259 e. The molecule has 1 N–H and O–H groups in total. The summed E-state index contributed by atoms with van der Waals surface area (Å²) < 4.78 is 12.5. The monoisotopic (exact) mass is 459 g/mol. The van der Waals surface area contributed by atoms with Crippen molar-refractivity contribution < 1.29 is 14.3 Å². The van der Waals surface area contributed by atoms with Crippen molar-refractivity contribution in [1.29, 1.82) is 0 Å². The van der Waals surface area contributed by atoms with Crippen molar-refractivity contribution in [2.45, 2.75) is 58.5 Å². The highest BCUT2D eigenvalue weighted by Gasteiger charge is 2.15. The Labute approximate surface area is 182 Å². The van der Waals surface area contributed by atoms with Crippen LogP contribution in [-0.2, 0) is 0 Å². The second-order valence-corrected chi connectivity index (χ2v) is 8.84. The highest BCUT2D eigenvalue weighted by Crippen LogP contribution is 2.27. The maximum absolute atomic E-state index is 12.8. The Kier molecular flexibility index (Phi) is 7.99. The number of rotatable bonds is 8. The predicted octanol–water partition coefficient (Wildman–Crippen LogP) is 6.84. The third-order valence-electron chi connectivity index (χ3n) is 5.18. The zero-order chi connectivity index (χ0) is 20.6. The average molecular weight is 460 g/mol. The van der Waals surface area contributed by atoms with Gasteiger partial charge in [0.05, 0.1) is 18.3 Å². The van der Waals surface area contributed by atoms with E-state index in [4.69, 9.17) is 9.47 Å². The number of ether oxygens (including phenoxy) is 2. The van der Waals surface area contributed by atoms with Crippen molar-refractivity contribution in [3.05, 3.63) is 52.5 Å². The number of nitrogens with one attached hydrogen (secondary N) is 1. The summed E-state index contributed by atoms with van der Waals surface area (Å²) in [6.45, 7) is 4.64. The van der Waals surface area contributed by atoms with Crippen LogP contribution in [0.3, 0.4) is 0 Å². The molecule has 0 radical (unpaired) electrons. The normalized spacial score (nSPS) is 14.6. The van der Waals surface area contributed by atoms with E-state index in [1.165, 1.54) is 32.1 Å². The lowest BCUT2D eigenvalue weighted by atomic mass is 9.87. The first-order chi connectivity index (χ1) is 14.0. The van der Waals surface area contributed by atoms with Gasteiger partial charge in [-0.1, -0.05) is 48.0 Å². The molecular formula is C24H30BrNO3. The number of anilines is 1. The molecule has 1 amide bonds. The molecule has 0 spiro atoms. The molecule has 29 heavy (non-hydrogen) atoms. The SMILES string of the molecule is CC(C)Oc1ccc(Br)cc1C(=O)Nc1ccc(OCCC2CCCCC2)cc1. The third kappa shape index (κ3) is 6.77. The number of hydrogen-bond acceptors (Lipinski definition) is 3. The molecule has 0 atom stereocenters. The van der Waals surface area contributed by atoms with Crippen LogP contribution in [0.25, 0.3) is 0 Å². The van der Waals surface area contributed by atoms with E-state index in [1.54, 1.807) is 6.07 Å². The Bertz CT molecular complexity index is 798. The van der Waals surface area contributed by atoms with Crippen molar-refractivity contribution in [3.8, 4) is 11.5 Å². The summed E-state index contributed by atoms with van der Waals surface area (Å²) in [5, 5.41) is 2.94. The summed E-state index contributed by atoms with van der Waals surface area (Å²) in [4.78, 5) is 12.8. The molecule has 0 unspecified atom stereocenters. The molecule has 0 aromatic heterocycles. The van der Waals surface area contributed by atoms with E-state index in [0.29, 0.717) is 11.3 Å². The molecule has 1 fully saturated rings. The fraction of sp³-hybridized carbons (Fsp3) is 0.458. The maximum atomic E-state index is 12.8. The Morgan fingerprint density at radius 1 is 1.10 bits per heavy atom. The molecule has 4 nitrogen and oxygen atoms in total. The second-order valence-electron chi connectivity index (χ2n) is 7.93. The van der Waals surface area contributed by atoms with E-state index in [-0.39, 0.29) is 12.0 Å². The topological polar surface area (TPSA) is 47.6 Å². The van der Waals surface area contributed by atoms with Gasteiger partial charge in [-0.25, -0.2) is 0 Å². The largest absolute Gasteiger partial charge is 0.494 e. The van der Waals surface area contributed by atoms with E-state index >= 15 is 0 Å². The standard InChI is InChI=1S/C24H30BrNO3/c1-17(2)29-23-13-8-19(25)16-22(23)24(27)26-20-9-11-21(12-10-20)28-15-14-18-6-4-3-5-7-18/h8-13,16-18H,3-7,14-15H2,1-2H3,(H,26,27). The molecule has 1 aliphatic rings. The van der Waals surface area contributed by atoms with Crippen molar-refractivity contribution in [2.75, 3.05) is 11.9 Å². The minimum atomic E-state index is -0.201. The summed E-state index contributed by atoms with van der Waals surface area (Å²) in [6.07, 6.45) is 7.91. The van der Waals surface area contributed by atoms with Crippen LogP contribution < -0.4 is 14.8 Å². The number of carbonyl (C=O) groups excluding carboxylic acids is 1. The zero-order valence-electron chi connectivity index (χ0n) is 17.2. The first-order valence-corrected chi connectivity index (χ1v) is 11.3. The van der Waals surface area contributed by atoms with Gasteiger partial charge in [-0.15, -0.1) is 0 Å². The predicted molar refractivity (Wildman–Crippen MR) is 121 cm³/mol. The van der Waals surface area contributed by atoms with Crippen LogP contribution in [0.15, 0.2) is 46.9 Å². The highest BCUT2D eigenvalue weighted by atomic mass is 79.9. The Hall–Kier alpha value is -2.01. The number of benzene rings is 2. The molecule has 5 heteroatoms. The van der Waals surface area contributed by atoms with Crippen LogP contribution in [0.5, 0.6) is 11.5 Å². The van der Waals surface area contributed by atoms with Gasteiger partial charge in [0.25, 0.3) is 5.91 Å². The molecular weight excluding hydrogens is 430 g/mol. The molecule has 0 bridgehead atoms. The van der Waals surface area contributed by atoms with Gasteiger partial charge in [0, 0.05) is 10.2 Å². The van der Waals surface area contributed by atoms with Crippen LogP contribution in [0.4, 0.5) is 5.69 Å². The van der Waals surface area contributed by atoms with Crippen LogP contribution >= 0.6 is 15.9 Å². The minimum Gasteiger partial charge on any atom is -0.494 e. The van der Waals surface area contributed by atoms with Crippen molar-refractivity contribution >= 4 is 27.5 Å². The van der Waals surface area contributed by atoms with Crippen LogP contribution in [0, 0.1) is 5.92 Å². The van der Waals surface area contributed by atoms with Gasteiger partial charge >= 0.3 is 0 Å².